The van der Waals surface area contributed by atoms with E-state index in [0.29, 0.717) is 28.3 Å². The van der Waals surface area contributed by atoms with Crippen molar-refractivity contribution in [3.63, 3.8) is 0 Å². The summed E-state index contributed by atoms with van der Waals surface area (Å²) >= 11 is 6.14. The molecule has 1 aliphatic heterocycles. The van der Waals surface area contributed by atoms with Crippen molar-refractivity contribution in [1.29, 1.82) is 0 Å². The summed E-state index contributed by atoms with van der Waals surface area (Å²) in [7, 11) is 0. The highest BCUT2D eigenvalue weighted by Crippen LogP contribution is 2.41. The largest absolute Gasteiger partial charge is 0.488 e. The van der Waals surface area contributed by atoms with Crippen molar-refractivity contribution in [1.82, 2.24) is 4.90 Å². The quantitative estimate of drug-likeness (QED) is 0.623. The number of hydrogen-bond acceptors (Lipinski definition) is 2. The lowest BCUT2D eigenvalue weighted by atomic mass is 10.0. The number of likely N-dealkylation sites (tertiary alicyclic amines) is 1. The Morgan fingerprint density at radius 2 is 1.96 bits per heavy atom. The van der Waals surface area contributed by atoms with Gasteiger partial charge in [-0.1, -0.05) is 43.6 Å². The Kier molecular flexibility index (Phi) is 5.03. The molecule has 144 valence electrons. The number of rotatable bonds is 4. The van der Waals surface area contributed by atoms with Crippen LogP contribution in [0, 0.1) is 12.5 Å². The summed E-state index contributed by atoms with van der Waals surface area (Å²) in [5, 5.41) is 0.399. The molecule has 0 spiro atoms. The Hall–Kier alpha value is -2.51. The smallest absolute Gasteiger partial charge is 0.254 e. The molecule has 2 aliphatic rings. The maximum atomic E-state index is 13.1. The molecule has 2 bridgehead atoms. The summed E-state index contributed by atoms with van der Waals surface area (Å²) < 4.78 is 6.23. The maximum Gasteiger partial charge on any atom is 0.254 e. The Morgan fingerprint density at radius 3 is 2.61 bits per heavy atom. The average molecular weight is 395 g/mol. The van der Waals surface area contributed by atoms with Crippen LogP contribution < -0.4 is 4.74 Å². The van der Waals surface area contributed by atoms with E-state index in [1.165, 1.54) is 5.56 Å². The van der Waals surface area contributed by atoms with Crippen LogP contribution in [-0.2, 0) is 0 Å². The third-order valence-electron chi connectivity index (χ3n) is 5.91. The molecule has 1 aliphatic carbocycles. The first-order valence-corrected chi connectivity index (χ1v) is 10.1. The minimum Gasteiger partial charge on any atom is -0.488 e. The number of amides is 1. The van der Waals surface area contributed by atoms with Crippen molar-refractivity contribution in [3.05, 3.63) is 70.0 Å². The lowest BCUT2D eigenvalue weighted by Gasteiger charge is -2.27. The number of hydrogen-bond donors (Lipinski definition) is 0. The van der Waals surface area contributed by atoms with Gasteiger partial charge in [0.2, 0.25) is 5.69 Å². The van der Waals surface area contributed by atoms with Gasteiger partial charge in [0.15, 0.2) is 0 Å². The molecule has 0 radical (unpaired) electrons. The topological polar surface area (TPSA) is 33.9 Å². The van der Waals surface area contributed by atoms with E-state index in [1.54, 1.807) is 18.2 Å². The van der Waals surface area contributed by atoms with E-state index in [2.05, 4.69) is 18.7 Å². The molecule has 0 aromatic heterocycles. The monoisotopic (exact) mass is 394 g/mol. The number of piperidine rings is 1. The molecule has 3 unspecified atom stereocenters. The number of ether oxygens (including phenoxy) is 1. The van der Waals surface area contributed by atoms with E-state index in [1.807, 2.05) is 29.2 Å². The Balaban J connectivity index is 1.49. The number of nitrogens with zero attached hydrogens (tertiary/aromatic N) is 2. The van der Waals surface area contributed by atoms with E-state index in [4.69, 9.17) is 22.9 Å². The molecule has 3 atom stereocenters. The number of benzene rings is 2. The van der Waals surface area contributed by atoms with Gasteiger partial charge in [-0.25, -0.2) is 4.85 Å². The molecule has 4 nitrogen and oxygen atoms in total. The summed E-state index contributed by atoms with van der Waals surface area (Å²) in [4.78, 5) is 18.4. The predicted octanol–water partition coefficient (Wildman–Crippen LogP) is 5.70. The Bertz CT molecular complexity index is 933. The van der Waals surface area contributed by atoms with Crippen molar-refractivity contribution in [2.45, 2.75) is 44.8 Å². The molecule has 28 heavy (non-hydrogen) atoms. The number of carbonyl (C=O) groups is 1. The van der Waals surface area contributed by atoms with Gasteiger partial charge in [-0.3, -0.25) is 4.79 Å². The first-order chi connectivity index (χ1) is 13.5. The second-order valence-electron chi connectivity index (χ2n) is 7.95. The second-order valence-corrected chi connectivity index (χ2v) is 8.35. The molecule has 2 aromatic carbocycles. The molecule has 4 rings (SSSR count). The van der Waals surface area contributed by atoms with Gasteiger partial charge in [0.25, 0.3) is 5.91 Å². The molecular weight excluding hydrogens is 372 g/mol. The summed E-state index contributed by atoms with van der Waals surface area (Å²) in [5.41, 5.74) is 2.39. The van der Waals surface area contributed by atoms with Gasteiger partial charge in [0, 0.05) is 18.0 Å². The third kappa shape index (κ3) is 3.36. The zero-order valence-corrected chi connectivity index (χ0v) is 16.8. The molecule has 1 saturated carbocycles. The van der Waals surface area contributed by atoms with Crippen molar-refractivity contribution < 1.29 is 9.53 Å². The standard InChI is InChI=1S/C23H23ClN2O2/c1-14(2)15-4-6-16(7-5-15)23(27)26-13-17-8-11-21(26)22(17)28-18-9-10-20(25-3)19(24)12-18/h4-7,9-10,12,14,17,21-22H,8,11,13H2,1-2H3. The maximum absolute atomic E-state index is 13.1. The minimum atomic E-state index is -0.0197. The molecule has 2 aromatic rings. The van der Waals surface area contributed by atoms with Crippen LogP contribution in [0.5, 0.6) is 5.75 Å². The van der Waals surface area contributed by atoms with E-state index < -0.39 is 0 Å². The van der Waals surface area contributed by atoms with Crippen LogP contribution in [0.1, 0.15) is 48.5 Å². The summed E-state index contributed by atoms with van der Waals surface area (Å²) in [5.74, 6) is 1.53. The summed E-state index contributed by atoms with van der Waals surface area (Å²) in [6.45, 7) is 12.1. The predicted molar refractivity (Wildman–Crippen MR) is 110 cm³/mol. The fourth-order valence-corrected chi connectivity index (χ4v) is 4.55. The van der Waals surface area contributed by atoms with Crippen LogP contribution in [0.4, 0.5) is 5.69 Å². The molecule has 1 heterocycles. The minimum absolute atomic E-state index is 0.0197. The summed E-state index contributed by atoms with van der Waals surface area (Å²) in [6.07, 6.45) is 2.01. The van der Waals surface area contributed by atoms with Gasteiger partial charge < -0.3 is 9.64 Å². The van der Waals surface area contributed by atoms with Gasteiger partial charge in [-0.2, -0.15) is 0 Å². The van der Waals surface area contributed by atoms with Crippen LogP contribution >= 0.6 is 11.6 Å². The van der Waals surface area contributed by atoms with Crippen LogP contribution in [-0.4, -0.2) is 29.5 Å². The second kappa shape index (κ2) is 7.48. The lowest BCUT2D eigenvalue weighted by molar-refractivity contribution is 0.0667. The van der Waals surface area contributed by atoms with Gasteiger partial charge in [0.05, 0.1) is 17.6 Å². The Labute approximate surface area is 170 Å². The molecule has 1 saturated heterocycles. The van der Waals surface area contributed by atoms with Crippen molar-refractivity contribution in [2.24, 2.45) is 5.92 Å². The normalized spacial score (nSPS) is 23.1. The molecule has 1 amide bonds. The average Bonchev–Trinajstić information content (AvgIpc) is 3.24. The highest BCUT2D eigenvalue weighted by molar-refractivity contribution is 6.33. The molecule has 2 fully saturated rings. The van der Waals surface area contributed by atoms with Crippen LogP contribution in [0.15, 0.2) is 42.5 Å². The first-order valence-electron chi connectivity index (χ1n) is 9.72. The fraction of sp³-hybridized carbons (Fsp3) is 0.391. The van der Waals surface area contributed by atoms with Gasteiger partial charge in [-0.15, -0.1) is 0 Å². The zero-order valence-electron chi connectivity index (χ0n) is 16.1. The first kappa shape index (κ1) is 18.8. The number of fused-ring (bicyclic) bond motifs is 2. The van der Waals surface area contributed by atoms with Crippen molar-refractivity contribution in [2.75, 3.05) is 6.54 Å². The van der Waals surface area contributed by atoms with E-state index in [-0.39, 0.29) is 18.1 Å². The molecule has 5 heteroatoms. The fourth-order valence-electron chi connectivity index (χ4n) is 4.34. The third-order valence-corrected chi connectivity index (χ3v) is 6.21. The number of carbonyl (C=O) groups excluding carboxylic acids is 1. The van der Waals surface area contributed by atoms with Crippen LogP contribution in [0.2, 0.25) is 5.02 Å². The molecule has 0 N–H and O–H groups in total. The van der Waals surface area contributed by atoms with E-state index in [9.17, 15) is 4.79 Å². The van der Waals surface area contributed by atoms with E-state index in [0.717, 1.165) is 24.9 Å². The highest BCUT2D eigenvalue weighted by Gasteiger charge is 2.50. The van der Waals surface area contributed by atoms with Crippen LogP contribution in [0.3, 0.4) is 0 Å². The van der Waals surface area contributed by atoms with E-state index >= 15 is 0 Å². The zero-order chi connectivity index (χ0) is 19.8. The molecular formula is C23H23ClN2O2. The van der Waals surface area contributed by atoms with Gasteiger partial charge >= 0.3 is 0 Å². The van der Waals surface area contributed by atoms with Crippen LogP contribution in [0.25, 0.3) is 4.85 Å². The summed E-state index contributed by atoms with van der Waals surface area (Å²) in [6, 6.07) is 13.2. The van der Waals surface area contributed by atoms with Crippen molar-refractivity contribution >= 4 is 23.2 Å². The van der Waals surface area contributed by atoms with Crippen molar-refractivity contribution in [3.8, 4) is 5.75 Å². The number of halogens is 1. The lowest BCUT2D eigenvalue weighted by Crippen LogP contribution is -2.40. The SMILES string of the molecule is [C-]#[N+]c1ccc(OC2C3CCC2N(C(=O)c2ccc(C(C)C)cc2)C3)cc1Cl. The Morgan fingerprint density at radius 1 is 1.21 bits per heavy atom. The van der Waals surface area contributed by atoms with Gasteiger partial charge in [0.1, 0.15) is 11.9 Å². The van der Waals surface area contributed by atoms with Gasteiger partial charge in [-0.05, 0) is 48.6 Å². The highest BCUT2D eigenvalue weighted by atomic mass is 35.5.